The minimum absolute atomic E-state index is 0.0468. The largest absolute Gasteiger partial charge is 0.497 e. The first kappa shape index (κ1) is 22.7. The molecule has 2 aromatic carbocycles. The molecule has 1 N–H and O–H groups in total. The Labute approximate surface area is 206 Å². The van der Waals surface area contributed by atoms with Crippen molar-refractivity contribution in [2.75, 3.05) is 18.2 Å². The number of carbonyl (C=O) groups is 1. The summed E-state index contributed by atoms with van der Waals surface area (Å²) in [7, 11) is 1.59. The lowest BCUT2D eigenvalue weighted by Crippen LogP contribution is -2.24. The van der Waals surface area contributed by atoms with Crippen molar-refractivity contribution >= 4 is 44.9 Å². The number of aryl methyl sites for hydroxylation is 3. The number of carbonyl (C=O) groups excluding carboxylic acids is 1. The van der Waals surface area contributed by atoms with Crippen LogP contribution in [0.3, 0.4) is 0 Å². The van der Waals surface area contributed by atoms with Gasteiger partial charge in [0.15, 0.2) is 5.16 Å². The smallest absolute Gasteiger partial charge is 0.267 e. The molecular weight excluding hydrogens is 466 g/mol. The fraction of sp³-hybridized carbons (Fsp3) is 0.269. The van der Waals surface area contributed by atoms with Gasteiger partial charge >= 0.3 is 0 Å². The Morgan fingerprint density at radius 1 is 1.18 bits per heavy atom. The molecule has 1 aliphatic rings. The van der Waals surface area contributed by atoms with Crippen LogP contribution < -0.4 is 15.6 Å². The molecule has 4 aromatic rings. The van der Waals surface area contributed by atoms with E-state index in [2.05, 4.69) is 5.32 Å². The van der Waals surface area contributed by atoms with Crippen molar-refractivity contribution in [3.05, 3.63) is 74.9 Å². The van der Waals surface area contributed by atoms with E-state index < -0.39 is 0 Å². The number of nitrogens with one attached hydrogen (secondary N) is 1. The summed E-state index contributed by atoms with van der Waals surface area (Å²) in [6, 6.07) is 15.0. The zero-order valence-corrected chi connectivity index (χ0v) is 20.7. The van der Waals surface area contributed by atoms with E-state index in [1.54, 1.807) is 29.1 Å². The molecule has 34 heavy (non-hydrogen) atoms. The molecular formula is C26H25N3O3S2. The molecule has 0 atom stereocenters. The number of hydrogen-bond acceptors (Lipinski definition) is 6. The predicted molar refractivity (Wildman–Crippen MR) is 139 cm³/mol. The lowest BCUT2D eigenvalue weighted by molar-refractivity contribution is -0.113. The summed E-state index contributed by atoms with van der Waals surface area (Å²) in [4.78, 5) is 33.5. The Morgan fingerprint density at radius 2 is 2.00 bits per heavy atom. The highest BCUT2D eigenvalue weighted by atomic mass is 32.2. The second-order valence-electron chi connectivity index (χ2n) is 8.28. The summed E-state index contributed by atoms with van der Waals surface area (Å²) in [6.07, 6.45) is 4.18. The molecule has 174 valence electrons. The van der Waals surface area contributed by atoms with Crippen molar-refractivity contribution in [2.24, 2.45) is 0 Å². The van der Waals surface area contributed by atoms with Gasteiger partial charge in [-0.2, -0.15) is 0 Å². The van der Waals surface area contributed by atoms with Crippen molar-refractivity contribution in [3.8, 4) is 11.4 Å². The third kappa shape index (κ3) is 4.35. The van der Waals surface area contributed by atoms with Crippen LogP contribution in [0.25, 0.3) is 15.9 Å². The first-order valence-electron chi connectivity index (χ1n) is 11.2. The van der Waals surface area contributed by atoms with Crippen molar-refractivity contribution in [3.63, 3.8) is 0 Å². The van der Waals surface area contributed by atoms with Crippen LogP contribution >= 0.6 is 23.1 Å². The molecule has 0 aliphatic heterocycles. The normalized spacial score (nSPS) is 13.0. The summed E-state index contributed by atoms with van der Waals surface area (Å²) in [5.41, 5.74) is 3.56. The number of ether oxygens (including phenoxy) is 1. The molecule has 0 saturated carbocycles. The van der Waals surface area contributed by atoms with Gasteiger partial charge in [0, 0.05) is 16.6 Å². The summed E-state index contributed by atoms with van der Waals surface area (Å²) in [6.45, 7) is 1.99. The number of nitrogens with zero attached hydrogens (tertiary/aromatic N) is 2. The van der Waals surface area contributed by atoms with E-state index in [1.807, 2.05) is 49.4 Å². The Morgan fingerprint density at radius 3 is 2.82 bits per heavy atom. The highest BCUT2D eigenvalue weighted by molar-refractivity contribution is 7.99. The van der Waals surface area contributed by atoms with Gasteiger partial charge in [-0.15, -0.1) is 11.3 Å². The SMILES string of the molecule is COc1cccc(NC(=O)CSc2nc3sc4c(c3c(=O)n2-c2ccccc2C)CCCC4)c1. The second-order valence-corrected chi connectivity index (χ2v) is 10.3. The predicted octanol–water partition coefficient (Wildman–Crippen LogP) is 5.37. The van der Waals surface area contributed by atoms with Crippen LogP contribution in [0.4, 0.5) is 5.69 Å². The lowest BCUT2D eigenvalue weighted by atomic mass is 9.97. The fourth-order valence-corrected chi connectivity index (χ4v) is 6.45. The van der Waals surface area contributed by atoms with Gasteiger partial charge in [0.1, 0.15) is 10.6 Å². The van der Waals surface area contributed by atoms with Crippen molar-refractivity contribution in [2.45, 2.75) is 37.8 Å². The van der Waals surface area contributed by atoms with Crippen LogP contribution in [0.1, 0.15) is 28.8 Å². The van der Waals surface area contributed by atoms with Crippen LogP contribution in [-0.2, 0) is 17.6 Å². The summed E-state index contributed by atoms with van der Waals surface area (Å²) in [5, 5.41) is 4.17. The quantitative estimate of drug-likeness (QED) is 0.290. The third-order valence-corrected chi connectivity index (χ3v) is 8.12. The standard InChI is InChI=1S/C26H25N3O3S2/c1-16-8-3-5-12-20(16)29-25(31)23-19-11-4-6-13-21(19)34-24(23)28-26(29)33-15-22(30)27-17-9-7-10-18(14-17)32-2/h3,5,7-10,12,14H,4,6,11,13,15H2,1-2H3,(H,27,30). The van der Waals surface area contributed by atoms with Gasteiger partial charge in [0.25, 0.3) is 5.56 Å². The van der Waals surface area contributed by atoms with Gasteiger partial charge in [-0.3, -0.25) is 14.2 Å². The van der Waals surface area contributed by atoms with Gasteiger partial charge in [0.05, 0.1) is 23.9 Å². The number of methoxy groups -OCH3 is 1. The molecule has 0 unspecified atom stereocenters. The molecule has 2 heterocycles. The average molecular weight is 492 g/mol. The van der Waals surface area contributed by atoms with Crippen molar-refractivity contribution in [1.82, 2.24) is 9.55 Å². The monoisotopic (exact) mass is 491 g/mol. The minimum Gasteiger partial charge on any atom is -0.497 e. The van der Waals surface area contributed by atoms with Gasteiger partial charge in [-0.25, -0.2) is 4.98 Å². The molecule has 5 rings (SSSR count). The Hall–Kier alpha value is -3.10. The second kappa shape index (κ2) is 9.64. The van der Waals surface area contributed by atoms with Crippen LogP contribution in [0, 0.1) is 6.92 Å². The molecule has 0 radical (unpaired) electrons. The van der Waals surface area contributed by atoms with E-state index in [0.29, 0.717) is 16.6 Å². The number of hydrogen-bond donors (Lipinski definition) is 1. The van der Waals surface area contributed by atoms with Gasteiger partial charge in [-0.05, 0) is 61.9 Å². The Bertz CT molecular complexity index is 1440. The van der Waals surface area contributed by atoms with Crippen LogP contribution in [0.5, 0.6) is 5.75 Å². The molecule has 6 nitrogen and oxygen atoms in total. The zero-order valence-electron chi connectivity index (χ0n) is 19.1. The number of thioether (sulfide) groups is 1. The summed E-state index contributed by atoms with van der Waals surface area (Å²) >= 11 is 2.90. The molecule has 0 saturated heterocycles. The van der Waals surface area contributed by atoms with Crippen LogP contribution in [0.15, 0.2) is 58.5 Å². The van der Waals surface area contributed by atoms with Crippen molar-refractivity contribution in [1.29, 1.82) is 0 Å². The average Bonchev–Trinajstić information content (AvgIpc) is 3.22. The maximum Gasteiger partial charge on any atom is 0.267 e. The van der Waals surface area contributed by atoms with Crippen LogP contribution in [0.2, 0.25) is 0 Å². The molecule has 8 heteroatoms. The molecule has 1 aliphatic carbocycles. The molecule has 0 spiro atoms. The van der Waals surface area contributed by atoms with E-state index in [9.17, 15) is 9.59 Å². The first-order valence-corrected chi connectivity index (χ1v) is 13.1. The number of fused-ring (bicyclic) bond motifs is 3. The summed E-state index contributed by atoms with van der Waals surface area (Å²) < 4.78 is 6.91. The number of benzene rings is 2. The highest BCUT2D eigenvalue weighted by Gasteiger charge is 2.23. The van der Waals surface area contributed by atoms with E-state index in [4.69, 9.17) is 9.72 Å². The molecule has 0 bridgehead atoms. The molecule has 2 aromatic heterocycles. The summed E-state index contributed by atoms with van der Waals surface area (Å²) in [5.74, 6) is 0.633. The fourth-order valence-electron chi connectivity index (χ4n) is 4.34. The maximum atomic E-state index is 13.8. The minimum atomic E-state index is -0.172. The number of para-hydroxylation sites is 1. The third-order valence-electron chi connectivity index (χ3n) is 6.00. The Balaban J connectivity index is 1.52. The van der Waals surface area contributed by atoms with Gasteiger partial charge < -0.3 is 10.1 Å². The van der Waals surface area contributed by atoms with E-state index in [0.717, 1.165) is 47.2 Å². The number of amides is 1. The van der Waals surface area contributed by atoms with E-state index >= 15 is 0 Å². The van der Waals surface area contributed by atoms with Crippen LogP contribution in [-0.4, -0.2) is 28.3 Å². The topological polar surface area (TPSA) is 73.2 Å². The Kier molecular flexibility index (Phi) is 6.43. The molecule has 1 amide bonds. The highest BCUT2D eigenvalue weighted by Crippen LogP contribution is 2.35. The number of rotatable bonds is 6. The number of aromatic nitrogens is 2. The first-order chi connectivity index (χ1) is 16.5. The van der Waals surface area contributed by atoms with Gasteiger partial charge in [0.2, 0.25) is 5.91 Å². The number of anilines is 1. The van der Waals surface area contributed by atoms with Gasteiger partial charge in [-0.1, -0.05) is 36.0 Å². The molecule has 0 fully saturated rings. The van der Waals surface area contributed by atoms with E-state index in [1.165, 1.54) is 22.2 Å². The van der Waals surface area contributed by atoms with Crippen molar-refractivity contribution < 1.29 is 9.53 Å². The van der Waals surface area contributed by atoms with E-state index in [-0.39, 0.29) is 17.2 Å². The lowest BCUT2D eigenvalue weighted by Gasteiger charge is -2.15. The zero-order chi connectivity index (χ0) is 23.7. The number of thiophene rings is 1. The maximum absolute atomic E-state index is 13.8.